The number of nitriles is 1. The fourth-order valence-corrected chi connectivity index (χ4v) is 0.775. The van der Waals surface area contributed by atoms with Gasteiger partial charge in [0.15, 0.2) is 0 Å². The molecule has 1 rings (SSSR count). The summed E-state index contributed by atoms with van der Waals surface area (Å²) in [6, 6.07) is 7.30. The molecule has 0 amide bonds. The Hall–Kier alpha value is -1.89. The third kappa shape index (κ3) is 2.06. The van der Waals surface area contributed by atoms with Gasteiger partial charge < -0.3 is 5.32 Å². The predicted molar refractivity (Wildman–Crippen MR) is 46.1 cm³/mol. The van der Waals surface area contributed by atoms with Crippen LogP contribution in [0.3, 0.4) is 0 Å². The molecule has 0 bridgehead atoms. The molecule has 0 aliphatic rings. The van der Waals surface area contributed by atoms with Crippen molar-refractivity contribution in [1.82, 2.24) is 0 Å². The van der Waals surface area contributed by atoms with Crippen molar-refractivity contribution in [2.24, 2.45) is 10.2 Å². The highest BCUT2D eigenvalue weighted by Crippen LogP contribution is 2.15. The summed E-state index contributed by atoms with van der Waals surface area (Å²) < 4.78 is 0. The maximum Gasteiger partial charge on any atom is 0.226 e. The van der Waals surface area contributed by atoms with E-state index >= 15 is 0 Å². The van der Waals surface area contributed by atoms with Crippen LogP contribution in [0.1, 0.15) is 0 Å². The minimum absolute atomic E-state index is 0.676. The number of rotatable bonds is 2. The van der Waals surface area contributed by atoms with Crippen molar-refractivity contribution in [2.45, 2.75) is 0 Å². The Morgan fingerprint density at radius 1 is 1.33 bits per heavy atom. The standard InChI is InChI=1S/C8H8N4/c1-10-7-2-4-8(5-3-7)12-11-6-9/h2-5,10H,1H3. The molecule has 1 N–H and O–H groups in total. The van der Waals surface area contributed by atoms with Gasteiger partial charge in [-0.2, -0.15) is 5.26 Å². The average Bonchev–Trinajstić information content (AvgIpc) is 2.15. The van der Waals surface area contributed by atoms with E-state index in [9.17, 15) is 0 Å². The second kappa shape index (κ2) is 4.09. The predicted octanol–water partition coefficient (Wildman–Crippen LogP) is 2.29. The van der Waals surface area contributed by atoms with Gasteiger partial charge in [0, 0.05) is 12.7 Å². The normalized spacial score (nSPS) is 9.67. The molecule has 0 saturated heterocycles. The van der Waals surface area contributed by atoms with E-state index in [1.807, 2.05) is 19.2 Å². The van der Waals surface area contributed by atoms with Crippen LogP contribution in [0.4, 0.5) is 11.4 Å². The highest BCUT2D eigenvalue weighted by Gasteiger charge is 1.88. The van der Waals surface area contributed by atoms with Crippen LogP contribution in [0.25, 0.3) is 0 Å². The smallest absolute Gasteiger partial charge is 0.226 e. The number of anilines is 1. The molecular weight excluding hydrogens is 152 g/mol. The van der Waals surface area contributed by atoms with E-state index in [1.54, 1.807) is 18.3 Å². The minimum atomic E-state index is 0.676. The summed E-state index contributed by atoms with van der Waals surface area (Å²) in [7, 11) is 1.84. The monoisotopic (exact) mass is 160 g/mol. The molecule has 4 nitrogen and oxygen atoms in total. The lowest BCUT2D eigenvalue weighted by atomic mass is 10.3. The number of nitrogens with zero attached hydrogens (tertiary/aromatic N) is 3. The molecule has 1 aromatic rings. The lowest BCUT2D eigenvalue weighted by molar-refractivity contribution is 1.23. The molecule has 0 aliphatic carbocycles. The second-order valence-electron chi connectivity index (χ2n) is 2.10. The molecule has 0 unspecified atom stereocenters. The molecule has 0 fully saturated rings. The van der Waals surface area contributed by atoms with E-state index in [2.05, 4.69) is 15.5 Å². The highest BCUT2D eigenvalue weighted by molar-refractivity contribution is 5.50. The molecule has 0 heterocycles. The fraction of sp³-hybridized carbons (Fsp3) is 0.125. The summed E-state index contributed by atoms with van der Waals surface area (Å²) in [5, 5.41) is 17.9. The largest absolute Gasteiger partial charge is 0.388 e. The first kappa shape index (κ1) is 8.21. The van der Waals surface area contributed by atoms with Gasteiger partial charge >= 0.3 is 0 Å². The van der Waals surface area contributed by atoms with E-state index in [0.29, 0.717) is 5.69 Å². The maximum absolute atomic E-state index is 8.11. The van der Waals surface area contributed by atoms with Crippen molar-refractivity contribution in [3.05, 3.63) is 24.3 Å². The van der Waals surface area contributed by atoms with Gasteiger partial charge in [0.2, 0.25) is 6.19 Å². The summed E-state index contributed by atoms with van der Waals surface area (Å²) in [4.78, 5) is 0. The molecule has 0 spiro atoms. The minimum Gasteiger partial charge on any atom is -0.388 e. The summed E-state index contributed by atoms with van der Waals surface area (Å²) in [5.41, 5.74) is 1.68. The van der Waals surface area contributed by atoms with Crippen LogP contribution in [-0.2, 0) is 0 Å². The molecule has 0 saturated carbocycles. The van der Waals surface area contributed by atoms with Crippen LogP contribution in [0.2, 0.25) is 0 Å². The third-order valence-corrected chi connectivity index (χ3v) is 1.37. The molecule has 0 aliphatic heterocycles. The topological polar surface area (TPSA) is 60.5 Å². The fourth-order valence-electron chi connectivity index (χ4n) is 0.775. The second-order valence-corrected chi connectivity index (χ2v) is 2.10. The zero-order chi connectivity index (χ0) is 8.81. The Morgan fingerprint density at radius 2 is 2.00 bits per heavy atom. The van der Waals surface area contributed by atoms with E-state index in [-0.39, 0.29) is 0 Å². The zero-order valence-corrected chi connectivity index (χ0v) is 6.65. The first-order valence-corrected chi connectivity index (χ1v) is 3.44. The van der Waals surface area contributed by atoms with Crippen molar-refractivity contribution in [3.63, 3.8) is 0 Å². The van der Waals surface area contributed by atoms with Crippen molar-refractivity contribution in [3.8, 4) is 6.19 Å². The van der Waals surface area contributed by atoms with Crippen LogP contribution in [0.15, 0.2) is 34.5 Å². The van der Waals surface area contributed by atoms with Gasteiger partial charge in [0.25, 0.3) is 0 Å². The Kier molecular flexibility index (Phi) is 2.79. The van der Waals surface area contributed by atoms with Crippen LogP contribution in [0.5, 0.6) is 0 Å². The molecule has 0 aromatic heterocycles. The van der Waals surface area contributed by atoms with Crippen molar-refractivity contribution in [2.75, 3.05) is 12.4 Å². The van der Waals surface area contributed by atoms with Crippen LogP contribution in [0, 0.1) is 11.5 Å². The average molecular weight is 160 g/mol. The summed E-state index contributed by atoms with van der Waals surface area (Å²) in [5.74, 6) is 0. The van der Waals surface area contributed by atoms with Gasteiger partial charge in [0.1, 0.15) is 0 Å². The van der Waals surface area contributed by atoms with Crippen molar-refractivity contribution in [1.29, 1.82) is 5.26 Å². The van der Waals surface area contributed by atoms with E-state index in [0.717, 1.165) is 5.69 Å². The molecule has 4 heteroatoms. The molecule has 60 valence electrons. The van der Waals surface area contributed by atoms with Gasteiger partial charge in [-0.05, 0) is 24.3 Å². The quantitative estimate of drug-likeness (QED) is 0.533. The lowest BCUT2D eigenvalue weighted by Gasteiger charge is -1.97. The number of hydrogen-bond acceptors (Lipinski definition) is 4. The van der Waals surface area contributed by atoms with Gasteiger partial charge in [-0.25, -0.2) is 0 Å². The van der Waals surface area contributed by atoms with E-state index in [1.165, 1.54) is 0 Å². The SMILES string of the molecule is CNc1ccc(N=NC#N)cc1. The van der Waals surface area contributed by atoms with Crippen LogP contribution >= 0.6 is 0 Å². The van der Waals surface area contributed by atoms with Gasteiger partial charge in [-0.3, -0.25) is 0 Å². The van der Waals surface area contributed by atoms with Crippen molar-refractivity contribution < 1.29 is 0 Å². The van der Waals surface area contributed by atoms with Crippen LogP contribution in [-0.4, -0.2) is 7.05 Å². The molecule has 0 radical (unpaired) electrons. The summed E-state index contributed by atoms with van der Waals surface area (Å²) in [6.07, 6.45) is 1.59. The molecule has 0 atom stereocenters. The number of azo groups is 1. The van der Waals surface area contributed by atoms with Gasteiger partial charge in [-0.15, -0.1) is 5.11 Å². The van der Waals surface area contributed by atoms with E-state index in [4.69, 9.17) is 5.26 Å². The molecule has 12 heavy (non-hydrogen) atoms. The summed E-state index contributed by atoms with van der Waals surface area (Å²) >= 11 is 0. The summed E-state index contributed by atoms with van der Waals surface area (Å²) in [6.45, 7) is 0. The first-order valence-electron chi connectivity index (χ1n) is 3.44. The molecular formula is C8H8N4. The lowest BCUT2D eigenvalue weighted by Crippen LogP contribution is -1.84. The van der Waals surface area contributed by atoms with Gasteiger partial charge in [0.05, 0.1) is 5.69 Å². The number of benzene rings is 1. The maximum atomic E-state index is 8.11. The number of hydrogen-bond donors (Lipinski definition) is 1. The zero-order valence-electron chi connectivity index (χ0n) is 6.65. The Bertz CT molecular complexity index is 307. The van der Waals surface area contributed by atoms with Crippen LogP contribution < -0.4 is 5.32 Å². The van der Waals surface area contributed by atoms with Crippen molar-refractivity contribution >= 4 is 11.4 Å². The first-order chi connectivity index (χ1) is 5.86. The number of nitrogens with one attached hydrogen (secondary N) is 1. The Labute approximate surface area is 70.6 Å². The van der Waals surface area contributed by atoms with Gasteiger partial charge in [-0.1, -0.05) is 5.11 Å². The third-order valence-electron chi connectivity index (χ3n) is 1.37. The molecule has 1 aromatic carbocycles. The van der Waals surface area contributed by atoms with E-state index < -0.39 is 0 Å². The Balaban J connectivity index is 2.79. The Morgan fingerprint density at radius 3 is 2.50 bits per heavy atom. The highest BCUT2D eigenvalue weighted by atomic mass is 15.1.